The maximum Gasteiger partial charge on any atom is 0.343 e. The maximum atomic E-state index is 12.7. The van der Waals surface area contributed by atoms with E-state index in [0.29, 0.717) is 32.6 Å². The molecule has 34 heavy (non-hydrogen) atoms. The summed E-state index contributed by atoms with van der Waals surface area (Å²) >= 11 is 6.92. The number of imide groups is 1. The van der Waals surface area contributed by atoms with Crippen molar-refractivity contribution >= 4 is 46.6 Å². The molecule has 172 valence electrons. The van der Waals surface area contributed by atoms with Gasteiger partial charge in [-0.15, -0.1) is 0 Å². The average Bonchev–Trinajstić information content (AvgIpc) is 3.09. The van der Waals surface area contributed by atoms with E-state index in [1.807, 2.05) is 19.1 Å². The number of esters is 1. The Hall–Kier alpha value is -3.55. The lowest BCUT2D eigenvalue weighted by molar-refractivity contribution is -0.123. The number of halogens is 1. The Labute approximate surface area is 206 Å². The van der Waals surface area contributed by atoms with Crippen LogP contribution in [0.25, 0.3) is 6.08 Å². The van der Waals surface area contributed by atoms with E-state index in [-0.39, 0.29) is 24.3 Å². The van der Waals surface area contributed by atoms with E-state index < -0.39 is 5.97 Å². The van der Waals surface area contributed by atoms with Crippen LogP contribution in [-0.2, 0) is 4.79 Å². The van der Waals surface area contributed by atoms with Crippen LogP contribution in [0.2, 0.25) is 5.02 Å². The number of ether oxygens (including phenoxy) is 2. The average molecular weight is 494 g/mol. The van der Waals surface area contributed by atoms with E-state index in [1.54, 1.807) is 66.7 Å². The molecule has 0 saturated carbocycles. The second-order valence-corrected chi connectivity index (χ2v) is 8.84. The fourth-order valence-corrected chi connectivity index (χ4v) is 4.20. The molecule has 1 aliphatic rings. The van der Waals surface area contributed by atoms with E-state index in [2.05, 4.69) is 0 Å². The third kappa shape index (κ3) is 5.68. The van der Waals surface area contributed by atoms with Crippen LogP contribution in [0.3, 0.4) is 0 Å². The first-order valence-electron chi connectivity index (χ1n) is 10.4. The minimum absolute atomic E-state index is 0.112. The zero-order valence-corrected chi connectivity index (χ0v) is 19.8. The number of amides is 2. The number of para-hydroxylation sites is 1. The van der Waals surface area contributed by atoms with Crippen LogP contribution in [0.15, 0.2) is 77.7 Å². The molecule has 3 aromatic rings. The number of rotatable bonds is 7. The Morgan fingerprint density at radius 1 is 1.00 bits per heavy atom. The third-order valence-electron chi connectivity index (χ3n) is 4.96. The van der Waals surface area contributed by atoms with E-state index in [4.69, 9.17) is 21.1 Å². The van der Waals surface area contributed by atoms with Crippen molar-refractivity contribution in [3.8, 4) is 11.5 Å². The highest BCUT2D eigenvalue weighted by atomic mass is 35.5. The molecule has 1 fully saturated rings. The normalized spacial score (nSPS) is 14.5. The van der Waals surface area contributed by atoms with Gasteiger partial charge in [0.1, 0.15) is 18.1 Å². The van der Waals surface area contributed by atoms with Gasteiger partial charge in [-0.25, -0.2) is 4.79 Å². The Morgan fingerprint density at radius 3 is 2.41 bits per heavy atom. The molecule has 0 N–H and O–H groups in total. The smallest absolute Gasteiger partial charge is 0.343 e. The number of carbonyl (C=O) groups excluding carboxylic acids is 3. The number of thioether (sulfide) groups is 1. The fourth-order valence-electron chi connectivity index (χ4n) is 3.14. The molecule has 1 aliphatic heterocycles. The number of carbonyl (C=O) groups is 3. The molecule has 4 rings (SSSR count). The Bertz CT molecular complexity index is 1250. The monoisotopic (exact) mass is 493 g/mol. The van der Waals surface area contributed by atoms with Gasteiger partial charge in [0.25, 0.3) is 11.1 Å². The van der Waals surface area contributed by atoms with Gasteiger partial charge in [0.05, 0.1) is 22.0 Å². The van der Waals surface area contributed by atoms with Gasteiger partial charge in [-0.05, 0) is 66.7 Å². The minimum atomic E-state index is -0.451. The lowest BCUT2D eigenvalue weighted by Crippen LogP contribution is -2.32. The van der Waals surface area contributed by atoms with Crippen LogP contribution in [0.5, 0.6) is 11.5 Å². The van der Waals surface area contributed by atoms with E-state index in [0.717, 1.165) is 22.2 Å². The molecule has 0 aromatic heterocycles. The van der Waals surface area contributed by atoms with Gasteiger partial charge in [-0.2, -0.15) is 0 Å². The summed E-state index contributed by atoms with van der Waals surface area (Å²) in [6.45, 7) is 2.19. The molecule has 0 radical (unpaired) electrons. The van der Waals surface area contributed by atoms with Crippen LogP contribution < -0.4 is 9.47 Å². The van der Waals surface area contributed by atoms with Crippen molar-refractivity contribution in [2.75, 3.05) is 13.2 Å². The molecule has 3 aromatic carbocycles. The van der Waals surface area contributed by atoms with E-state index in [1.165, 1.54) is 0 Å². The van der Waals surface area contributed by atoms with Crippen molar-refractivity contribution in [3.05, 3.63) is 99.4 Å². The van der Waals surface area contributed by atoms with Crippen LogP contribution in [-0.4, -0.2) is 35.2 Å². The maximum absolute atomic E-state index is 12.7. The van der Waals surface area contributed by atoms with Gasteiger partial charge in [0.15, 0.2) is 0 Å². The molecule has 2 amide bonds. The van der Waals surface area contributed by atoms with Crippen molar-refractivity contribution in [2.45, 2.75) is 6.92 Å². The fraction of sp³-hybridized carbons (Fsp3) is 0.115. The third-order valence-corrected chi connectivity index (χ3v) is 6.18. The molecule has 6 nitrogen and oxygen atoms in total. The van der Waals surface area contributed by atoms with Gasteiger partial charge in [-0.3, -0.25) is 14.5 Å². The van der Waals surface area contributed by atoms with E-state index >= 15 is 0 Å². The summed E-state index contributed by atoms with van der Waals surface area (Å²) in [7, 11) is 0. The predicted octanol–water partition coefficient (Wildman–Crippen LogP) is 5.98. The zero-order chi connectivity index (χ0) is 24.1. The molecule has 0 bridgehead atoms. The molecule has 0 aliphatic carbocycles. The number of nitrogens with zero attached hydrogens (tertiary/aromatic N) is 1. The van der Waals surface area contributed by atoms with Crippen LogP contribution in [0, 0.1) is 6.92 Å². The summed E-state index contributed by atoms with van der Waals surface area (Å²) in [4.78, 5) is 38.7. The van der Waals surface area contributed by atoms with Crippen LogP contribution in [0.4, 0.5) is 4.79 Å². The molecular weight excluding hydrogens is 474 g/mol. The highest BCUT2D eigenvalue weighted by molar-refractivity contribution is 8.18. The summed E-state index contributed by atoms with van der Waals surface area (Å²) in [6.07, 6.45) is 1.63. The molecule has 1 heterocycles. The van der Waals surface area contributed by atoms with Crippen molar-refractivity contribution in [1.82, 2.24) is 4.90 Å². The van der Waals surface area contributed by atoms with Crippen LogP contribution >= 0.6 is 23.4 Å². The second-order valence-electron chi connectivity index (χ2n) is 7.44. The first-order valence-corrected chi connectivity index (χ1v) is 11.6. The van der Waals surface area contributed by atoms with E-state index in [9.17, 15) is 14.4 Å². The first kappa shape index (κ1) is 23.6. The minimum Gasteiger partial charge on any atom is -0.490 e. The Morgan fingerprint density at radius 2 is 1.71 bits per heavy atom. The van der Waals surface area contributed by atoms with Gasteiger partial charge >= 0.3 is 5.97 Å². The Kier molecular flexibility index (Phi) is 7.35. The summed E-state index contributed by atoms with van der Waals surface area (Å²) in [5, 5.41) is 0.104. The predicted molar refractivity (Wildman–Crippen MR) is 132 cm³/mol. The quantitative estimate of drug-likeness (QED) is 0.229. The van der Waals surface area contributed by atoms with Crippen molar-refractivity contribution in [2.24, 2.45) is 0 Å². The summed E-state index contributed by atoms with van der Waals surface area (Å²) in [6, 6.07) is 20.8. The molecule has 0 spiro atoms. The van der Waals surface area contributed by atoms with Crippen molar-refractivity contribution in [3.63, 3.8) is 0 Å². The zero-order valence-electron chi connectivity index (χ0n) is 18.2. The van der Waals surface area contributed by atoms with Crippen molar-refractivity contribution in [1.29, 1.82) is 0 Å². The standard InChI is InChI=1S/C26H20ClNO5S/c1-17-6-10-19(11-7-17)25(30)33-20-12-8-18(9-13-20)16-23-24(29)28(26(31)34-23)14-15-32-22-5-3-2-4-21(22)27/h2-13,16H,14-15H2,1H3/b23-16-. The summed E-state index contributed by atoms with van der Waals surface area (Å²) in [5.41, 5.74) is 2.22. The Balaban J connectivity index is 1.35. The van der Waals surface area contributed by atoms with Crippen molar-refractivity contribution < 1.29 is 23.9 Å². The van der Waals surface area contributed by atoms with Gasteiger partial charge in [0, 0.05) is 0 Å². The molecule has 8 heteroatoms. The van der Waals surface area contributed by atoms with Gasteiger partial charge in [-0.1, -0.05) is 53.6 Å². The molecule has 1 saturated heterocycles. The highest BCUT2D eigenvalue weighted by Crippen LogP contribution is 2.32. The first-order chi connectivity index (χ1) is 16.4. The van der Waals surface area contributed by atoms with Gasteiger partial charge in [0.2, 0.25) is 0 Å². The lowest BCUT2D eigenvalue weighted by Gasteiger charge is -2.13. The SMILES string of the molecule is Cc1ccc(C(=O)Oc2ccc(/C=C3\SC(=O)N(CCOc4ccccc4Cl)C3=O)cc2)cc1. The lowest BCUT2D eigenvalue weighted by atomic mass is 10.1. The molecule has 0 atom stereocenters. The topological polar surface area (TPSA) is 72.9 Å². The largest absolute Gasteiger partial charge is 0.490 e. The summed E-state index contributed by atoms with van der Waals surface area (Å²) < 4.78 is 11.0. The second kappa shape index (κ2) is 10.6. The number of hydrogen-bond acceptors (Lipinski definition) is 6. The number of benzene rings is 3. The summed E-state index contributed by atoms with van der Waals surface area (Å²) in [5.74, 6) is 0.0444. The number of aryl methyl sites for hydroxylation is 1. The number of hydrogen-bond donors (Lipinski definition) is 0. The van der Waals surface area contributed by atoms with Crippen LogP contribution in [0.1, 0.15) is 21.5 Å². The molecule has 0 unspecified atom stereocenters. The van der Waals surface area contributed by atoms with Gasteiger partial charge < -0.3 is 9.47 Å². The molecular formula is C26H20ClNO5S. The highest BCUT2D eigenvalue weighted by Gasteiger charge is 2.34.